The number of fused-ring (bicyclic) bond motifs is 1. The summed E-state index contributed by atoms with van der Waals surface area (Å²) in [6.45, 7) is 0. The standard InChI is InChI=1S/C14H18N2/c15-11-6-4-10(5-7-11)12-2-1-3-14-13(12)8-9-16-14/h1-3,8-11,16H,4-7,15H2. The van der Waals surface area contributed by atoms with E-state index in [0.717, 1.165) is 0 Å². The molecule has 1 aliphatic carbocycles. The Morgan fingerprint density at radius 3 is 2.69 bits per heavy atom. The summed E-state index contributed by atoms with van der Waals surface area (Å²) >= 11 is 0. The second-order valence-electron chi connectivity index (χ2n) is 4.90. The van der Waals surface area contributed by atoms with Crippen molar-refractivity contribution in [3.63, 3.8) is 0 Å². The molecule has 2 heteroatoms. The highest BCUT2D eigenvalue weighted by Crippen LogP contribution is 2.35. The highest BCUT2D eigenvalue weighted by Gasteiger charge is 2.21. The van der Waals surface area contributed by atoms with Gasteiger partial charge in [-0.2, -0.15) is 0 Å². The quantitative estimate of drug-likeness (QED) is 0.752. The maximum Gasteiger partial charge on any atom is 0.0456 e. The number of H-pyrrole nitrogens is 1. The molecule has 1 saturated carbocycles. The lowest BCUT2D eigenvalue weighted by Gasteiger charge is -2.26. The monoisotopic (exact) mass is 214 g/mol. The molecule has 1 aromatic carbocycles. The summed E-state index contributed by atoms with van der Waals surface area (Å²) in [4.78, 5) is 3.28. The molecule has 0 atom stereocenters. The minimum absolute atomic E-state index is 0.432. The molecule has 0 unspecified atom stereocenters. The smallest absolute Gasteiger partial charge is 0.0456 e. The van der Waals surface area contributed by atoms with Gasteiger partial charge in [-0.3, -0.25) is 0 Å². The van der Waals surface area contributed by atoms with E-state index < -0.39 is 0 Å². The van der Waals surface area contributed by atoms with E-state index in [4.69, 9.17) is 5.73 Å². The van der Waals surface area contributed by atoms with E-state index in [-0.39, 0.29) is 0 Å². The number of benzene rings is 1. The fourth-order valence-electron chi connectivity index (χ4n) is 2.90. The third-order valence-electron chi connectivity index (χ3n) is 3.84. The average molecular weight is 214 g/mol. The van der Waals surface area contributed by atoms with Crippen molar-refractivity contribution in [3.05, 3.63) is 36.0 Å². The van der Waals surface area contributed by atoms with Crippen molar-refractivity contribution in [2.75, 3.05) is 0 Å². The maximum atomic E-state index is 5.96. The van der Waals surface area contributed by atoms with Crippen molar-refractivity contribution in [1.82, 2.24) is 4.98 Å². The van der Waals surface area contributed by atoms with Crippen LogP contribution in [0.5, 0.6) is 0 Å². The largest absolute Gasteiger partial charge is 0.361 e. The number of rotatable bonds is 1. The van der Waals surface area contributed by atoms with E-state index in [1.807, 2.05) is 6.20 Å². The lowest BCUT2D eigenvalue weighted by Crippen LogP contribution is -2.25. The van der Waals surface area contributed by atoms with Crippen LogP contribution in [0.25, 0.3) is 10.9 Å². The van der Waals surface area contributed by atoms with Gasteiger partial charge in [0.15, 0.2) is 0 Å². The first-order chi connectivity index (χ1) is 7.84. The predicted molar refractivity (Wildman–Crippen MR) is 67.5 cm³/mol. The van der Waals surface area contributed by atoms with Crippen molar-refractivity contribution in [2.45, 2.75) is 37.6 Å². The van der Waals surface area contributed by atoms with Crippen molar-refractivity contribution in [2.24, 2.45) is 5.73 Å². The van der Waals surface area contributed by atoms with Gasteiger partial charge in [0.05, 0.1) is 0 Å². The minimum Gasteiger partial charge on any atom is -0.361 e. The Morgan fingerprint density at radius 1 is 1.06 bits per heavy atom. The lowest BCUT2D eigenvalue weighted by atomic mass is 9.81. The molecule has 16 heavy (non-hydrogen) atoms. The van der Waals surface area contributed by atoms with Gasteiger partial charge in [0.1, 0.15) is 0 Å². The van der Waals surface area contributed by atoms with Gasteiger partial charge in [0, 0.05) is 23.1 Å². The summed E-state index contributed by atoms with van der Waals surface area (Å²) in [6, 6.07) is 9.20. The summed E-state index contributed by atoms with van der Waals surface area (Å²) in [5.74, 6) is 0.708. The van der Waals surface area contributed by atoms with Crippen molar-refractivity contribution in [3.8, 4) is 0 Å². The molecule has 1 fully saturated rings. The van der Waals surface area contributed by atoms with Gasteiger partial charge in [0.25, 0.3) is 0 Å². The molecule has 0 saturated heterocycles. The van der Waals surface area contributed by atoms with Crippen LogP contribution in [0.4, 0.5) is 0 Å². The minimum atomic E-state index is 0.432. The molecule has 0 aliphatic heterocycles. The molecule has 0 amide bonds. The molecule has 2 nitrogen and oxygen atoms in total. The molecule has 3 rings (SSSR count). The van der Waals surface area contributed by atoms with Gasteiger partial charge in [-0.15, -0.1) is 0 Å². The number of nitrogens with two attached hydrogens (primary N) is 1. The predicted octanol–water partition coefficient (Wildman–Crippen LogP) is 3.15. The van der Waals surface area contributed by atoms with Crippen LogP contribution < -0.4 is 5.73 Å². The van der Waals surface area contributed by atoms with Gasteiger partial charge in [-0.25, -0.2) is 0 Å². The maximum absolute atomic E-state index is 5.96. The number of aromatic nitrogens is 1. The van der Waals surface area contributed by atoms with Gasteiger partial charge >= 0.3 is 0 Å². The molecule has 0 spiro atoms. The van der Waals surface area contributed by atoms with Crippen LogP contribution in [0.15, 0.2) is 30.5 Å². The van der Waals surface area contributed by atoms with E-state index in [1.165, 1.54) is 42.1 Å². The Hall–Kier alpha value is -1.28. The van der Waals surface area contributed by atoms with Gasteiger partial charge < -0.3 is 10.7 Å². The molecular weight excluding hydrogens is 196 g/mol. The zero-order valence-electron chi connectivity index (χ0n) is 9.45. The zero-order chi connectivity index (χ0) is 11.0. The molecule has 0 radical (unpaired) electrons. The van der Waals surface area contributed by atoms with Gasteiger partial charge in [-0.05, 0) is 49.3 Å². The third-order valence-corrected chi connectivity index (χ3v) is 3.84. The van der Waals surface area contributed by atoms with Crippen LogP contribution in [0.2, 0.25) is 0 Å². The van der Waals surface area contributed by atoms with E-state index in [9.17, 15) is 0 Å². The van der Waals surface area contributed by atoms with E-state index >= 15 is 0 Å². The summed E-state index contributed by atoms with van der Waals surface area (Å²) < 4.78 is 0. The molecule has 1 aromatic heterocycles. The Bertz CT molecular complexity index is 478. The first kappa shape index (κ1) is 9.91. The number of hydrogen-bond acceptors (Lipinski definition) is 1. The summed E-state index contributed by atoms with van der Waals surface area (Å²) in [5, 5.41) is 1.39. The number of hydrogen-bond donors (Lipinski definition) is 2. The summed E-state index contributed by atoms with van der Waals surface area (Å²) in [5.41, 5.74) is 8.72. The number of nitrogens with one attached hydrogen (secondary N) is 1. The van der Waals surface area contributed by atoms with Crippen LogP contribution in [-0.2, 0) is 0 Å². The SMILES string of the molecule is NC1CCC(c2cccc3[nH]ccc23)CC1. The van der Waals surface area contributed by atoms with E-state index in [0.29, 0.717) is 12.0 Å². The van der Waals surface area contributed by atoms with Crippen molar-refractivity contribution >= 4 is 10.9 Å². The molecule has 2 aromatic rings. The van der Waals surface area contributed by atoms with Crippen LogP contribution in [0.1, 0.15) is 37.2 Å². The first-order valence-electron chi connectivity index (χ1n) is 6.16. The average Bonchev–Trinajstić information content (AvgIpc) is 2.78. The van der Waals surface area contributed by atoms with E-state index in [2.05, 4.69) is 29.2 Å². The molecule has 0 bridgehead atoms. The lowest BCUT2D eigenvalue weighted by molar-refractivity contribution is 0.397. The van der Waals surface area contributed by atoms with Crippen molar-refractivity contribution in [1.29, 1.82) is 0 Å². The van der Waals surface area contributed by atoms with Gasteiger partial charge in [0.2, 0.25) is 0 Å². The highest BCUT2D eigenvalue weighted by atomic mass is 14.7. The molecule has 3 N–H and O–H groups in total. The normalized spacial score (nSPS) is 26.1. The van der Waals surface area contributed by atoms with Crippen LogP contribution in [0, 0.1) is 0 Å². The Morgan fingerprint density at radius 2 is 1.88 bits per heavy atom. The van der Waals surface area contributed by atoms with Crippen LogP contribution >= 0.6 is 0 Å². The third kappa shape index (κ3) is 1.63. The fourth-order valence-corrected chi connectivity index (χ4v) is 2.90. The van der Waals surface area contributed by atoms with E-state index in [1.54, 1.807) is 0 Å². The molecule has 1 heterocycles. The molecular formula is C14H18N2. The molecule has 84 valence electrons. The Balaban J connectivity index is 1.96. The fraction of sp³-hybridized carbons (Fsp3) is 0.429. The van der Waals surface area contributed by atoms with Crippen LogP contribution in [-0.4, -0.2) is 11.0 Å². The topological polar surface area (TPSA) is 41.8 Å². The zero-order valence-corrected chi connectivity index (χ0v) is 9.45. The summed E-state index contributed by atoms with van der Waals surface area (Å²) in [7, 11) is 0. The van der Waals surface area contributed by atoms with Gasteiger partial charge in [-0.1, -0.05) is 12.1 Å². The highest BCUT2D eigenvalue weighted by molar-refractivity contribution is 5.83. The Kier molecular flexibility index (Phi) is 2.44. The second-order valence-corrected chi connectivity index (χ2v) is 4.90. The molecule has 1 aliphatic rings. The van der Waals surface area contributed by atoms with Crippen molar-refractivity contribution < 1.29 is 0 Å². The summed E-state index contributed by atoms with van der Waals surface area (Å²) in [6.07, 6.45) is 6.86. The first-order valence-corrected chi connectivity index (χ1v) is 6.16. The Labute approximate surface area is 95.8 Å². The second kappa shape index (κ2) is 3.95. The number of aromatic amines is 1. The van der Waals surface area contributed by atoms with Crippen LogP contribution in [0.3, 0.4) is 0 Å².